The molecule has 2 fully saturated rings. The van der Waals surface area contributed by atoms with Gasteiger partial charge in [0.2, 0.25) is 11.7 Å². The highest BCUT2D eigenvalue weighted by Gasteiger charge is 2.25. The van der Waals surface area contributed by atoms with Crippen LogP contribution in [0.15, 0.2) is 48.7 Å². The zero-order valence-corrected chi connectivity index (χ0v) is 21.6. The van der Waals surface area contributed by atoms with Crippen molar-refractivity contribution in [2.24, 2.45) is 5.92 Å². The first-order valence-electron chi connectivity index (χ1n) is 13.3. The number of aromatic nitrogens is 3. The second-order valence-corrected chi connectivity index (χ2v) is 10.3. The summed E-state index contributed by atoms with van der Waals surface area (Å²) in [5.74, 6) is -1.82. The molecule has 3 N–H and O–H groups in total. The van der Waals surface area contributed by atoms with E-state index in [2.05, 4.69) is 26.0 Å². The molecule has 0 spiro atoms. The van der Waals surface area contributed by atoms with Gasteiger partial charge in [-0.05, 0) is 81.4 Å². The average Bonchev–Trinajstić information content (AvgIpc) is 3.65. The van der Waals surface area contributed by atoms with Crippen LogP contribution in [0.4, 0.5) is 14.5 Å². The molecular formula is C29H30F2N6O2. The molecule has 1 saturated heterocycles. The summed E-state index contributed by atoms with van der Waals surface area (Å²) in [6, 6.07) is 11.3. The summed E-state index contributed by atoms with van der Waals surface area (Å²) in [4.78, 5) is 17.2. The molecule has 1 amide bonds. The highest BCUT2D eigenvalue weighted by molar-refractivity contribution is 5.96. The average molecular weight is 533 g/mol. The van der Waals surface area contributed by atoms with Gasteiger partial charge in [0.1, 0.15) is 0 Å². The number of nitrogens with one attached hydrogen (secondary N) is 3. The molecule has 10 heteroatoms. The number of amides is 1. The fourth-order valence-corrected chi connectivity index (χ4v) is 4.91. The standard InChI is InChI=1S/C29H30F2N6O2/c1-17-13-19(5-8-21(17)29(38)35-20-6-7-20)24-16-34-28-23(33-15-18-9-11-32-12-10-18)14-26(36-37(24)28)39-25-4-2-3-22(30)27(25)31/h2-5,8,13-14,16,18,20,32-33H,6-7,9-12,15H2,1H3,(H,35,38). The highest BCUT2D eigenvalue weighted by atomic mass is 19.2. The van der Waals surface area contributed by atoms with Gasteiger partial charge in [0.15, 0.2) is 17.2 Å². The molecule has 1 aliphatic heterocycles. The van der Waals surface area contributed by atoms with Crippen molar-refractivity contribution in [1.82, 2.24) is 25.2 Å². The Morgan fingerprint density at radius 3 is 2.72 bits per heavy atom. The van der Waals surface area contributed by atoms with Gasteiger partial charge < -0.3 is 20.7 Å². The molecule has 3 heterocycles. The van der Waals surface area contributed by atoms with E-state index >= 15 is 0 Å². The maximum Gasteiger partial charge on any atom is 0.251 e. The molecule has 202 valence electrons. The number of nitrogens with zero attached hydrogens (tertiary/aromatic N) is 3. The van der Waals surface area contributed by atoms with E-state index in [0.29, 0.717) is 28.5 Å². The SMILES string of the molecule is Cc1cc(-c2cnc3c(NCC4CCNCC4)cc(Oc4cccc(F)c4F)nn23)ccc1C(=O)NC1CC1. The monoisotopic (exact) mass is 532 g/mol. The maximum absolute atomic E-state index is 14.4. The summed E-state index contributed by atoms with van der Waals surface area (Å²) < 4.78 is 35.6. The van der Waals surface area contributed by atoms with Crippen LogP contribution in [0.2, 0.25) is 0 Å². The first-order chi connectivity index (χ1) is 19.0. The van der Waals surface area contributed by atoms with Crippen molar-refractivity contribution in [3.05, 3.63) is 71.4 Å². The summed E-state index contributed by atoms with van der Waals surface area (Å²) in [7, 11) is 0. The van der Waals surface area contributed by atoms with E-state index in [1.165, 1.54) is 12.1 Å². The quantitative estimate of drug-likeness (QED) is 0.293. The van der Waals surface area contributed by atoms with Crippen LogP contribution in [0.25, 0.3) is 16.9 Å². The van der Waals surface area contributed by atoms with Crippen LogP contribution in [-0.4, -0.2) is 46.2 Å². The Hall–Kier alpha value is -4.05. The van der Waals surface area contributed by atoms with Crippen LogP contribution in [0, 0.1) is 24.5 Å². The molecule has 39 heavy (non-hydrogen) atoms. The fraction of sp³-hybridized carbons (Fsp3) is 0.345. The number of hydrogen-bond acceptors (Lipinski definition) is 6. The Balaban J connectivity index is 1.36. The van der Waals surface area contributed by atoms with E-state index in [9.17, 15) is 13.6 Å². The van der Waals surface area contributed by atoms with Crippen molar-refractivity contribution in [2.75, 3.05) is 25.0 Å². The predicted molar refractivity (Wildman–Crippen MR) is 144 cm³/mol. The number of fused-ring (bicyclic) bond motifs is 1. The second-order valence-electron chi connectivity index (χ2n) is 10.3. The predicted octanol–water partition coefficient (Wildman–Crippen LogP) is 5.08. The van der Waals surface area contributed by atoms with Crippen LogP contribution in [0.1, 0.15) is 41.6 Å². The van der Waals surface area contributed by atoms with Gasteiger partial charge in [-0.3, -0.25) is 4.79 Å². The van der Waals surface area contributed by atoms with Crippen molar-refractivity contribution in [3.8, 4) is 22.9 Å². The smallest absolute Gasteiger partial charge is 0.251 e. The molecule has 1 aliphatic carbocycles. The van der Waals surface area contributed by atoms with Crippen LogP contribution in [0.3, 0.4) is 0 Å². The minimum absolute atomic E-state index is 0.0741. The first-order valence-corrected chi connectivity index (χ1v) is 13.3. The van der Waals surface area contributed by atoms with Gasteiger partial charge in [-0.2, -0.15) is 4.39 Å². The second kappa shape index (κ2) is 10.6. The summed E-state index contributed by atoms with van der Waals surface area (Å²) in [6.45, 7) is 4.59. The number of benzene rings is 2. The van der Waals surface area contributed by atoms with Gasteiger partial charge in [-0.25, -0.2) is 13.9 Å². The lowest BCUT2D eigenvalue weighted by molar-refractivity contribution is 0.0950. The van der Waals surface area contributed by atoms with Crippen molar-refractivity contribution in [2.45, 2.75) is 38.6 Å². The minimum atomic E-state index is -1.08. The molecule has 4 aromatic rings. The van der Waals surface area contributed by atoms with E-state index in [4.69, 9.17) is 4.74 Å². The Morgan fingerprint density at radius 1 is 1.13 bits per heavy atom. The Bertz CT molecular complexity index is 1530. The van der Waals surface area contributed by atoms with Gasteiger partial charge in [-0.1, -0.05) is 12.1 Å². The summed E-state index contributed by atoms with van der Waals surface area (Å²) >= 11 is 0. The largest absolute Gasteiger partial charge is 0.434 e. The molecule has 8 nitrogen and oxygen atoms in total. The van der Waals surface area contributed by atoms with Gasteiger partial charge in [0.25, 0.3) is 5.91 Å². The van der Waals surface area contributed by atoms with Crippen LogP contribution in [0.5, 0.6) is 11.6 Å². The number of carbonyl (C=O) groups is 1. The number of aryl methyl sites for hydroxylation is 1. The highest BCUT2D eigenvalue weighted by Crippen LogP contribution is 2.31. The van der Waals surface area contributed by atoms with Crippen LogP contribution < -0.4 is 20.7 Å². The summed E-state index contributed by atoms with van der Waals surface area (Å²) in [5, 5.41) is 14.5. The van der Waals surface area contributed by atoms with Crippen molar-refractivity contribution < 1.29 is 18.3 Å². The number of imidazole rings is 1. The van der Waals surface area contributed by atoms with E-state index < -0.39 is 11.6 Å². The zero-order valence-electron chi connectivity index (χ0n) is 21.6. The lowest BCUT2D eigenvalue weighted by Crippen LogP contribution is -2.31. The maximum atomic E-state index is 14.4. The zero-order chi connectivity index (χ0) is 26.9. The first kappa shape index (κ1) is 25.2. The normalized spacial score (nSPS) is 15.9. The third-order valence-electron chi connectivity index (χ3n) is 7.30. The Morgan fingerprint density at radius 2 is 1.95 bits per heavy atom. The molecule has 0 unspecified atom stereocenters. The lowest BCUT2D eigenvalue weighted by Gasteiger charge is -2.23. The van der Waals surface area contributed by atoms with Gasteiger partial charge >= 0.3 is 0 Å². The number of halogens is 2. The van der Waals surface area contributed by atoms with Crippen LogP contribution in [-0.2, 0) is 0 Å². The van der Waals surface area contributed by atoms with Crippen molar-refractivity contribution >= 4 is 17.2 Å². The molecule has 0 atom stereocenters. The molecule has 2 aromatic carbocycles. The molecule has 6 rings (SSSR count). The van der Waals surface area contributed by atoms with Gasteiger partial charge in [0.05, 0.1) is 17.6 Å². The van der Waals surface area contributed by atoms with E-state index in [1.807, 2.05) is 19.1 Å². The number of hydrogen-bond donors (Lipinski definition) is 3. The lowest BCUT2D eigenvalue weighted by atomic mass is 9.98. The third kappa shape index (κ3) is 5.42. The van der Waals surface area contributed by atoms with E-state index in [0.717, 1.165) is 62.5 Å². The number of rotatable bonds is 8. The van der Waals surface area contributed by atoms with Crippen LogP contribution >= 0.6 is 0 Å². The number of carbonyl (C=O) groups excluding carboxylic acids is 1. The number of ether oxygens (including phenoxy) is 1. The topological polar surface area (TPSA) is 92.6 Å². The van der Waals surface area contributed by atoms with Crippen molar-refractivity contribution in [1.29, 1.82) is 0 Å². The molecule has 0 bridgehead atoms. The number of anilines is 1. The molecule has 2 aromatic heterocycles. The molecule has 2 aliphatic rings. The number of piperidine rings is 1. The summed E-state index contributed by atoms with van der Waals surface area (Å²) in [6.07, 6.45) is 5.88. The van der Waals surface area contributed by atoms with Crippen molar-refractivity contribution in [3.63, 3.8) is 0 Å². The minimum Gasteiger partial charge on any atom is -0.434 e. The molecular weight excluding hydrogens is 502 g/mol. The Kier molecular flexibility index (Phi) is 6.86. The van der Waals surface area contributed by atoms with E-state index in [1.54, 1.807) is 22.8 Å². The Labute approximate surface area is 224 Å². The fourth-order valence-electron chi connectivity index (χ4n) is 4.91. The summed E-state index contributed by atoms with van der Waals surface area (Å²) in [5.41, 5.74) is 4.21. The van der Waals surface area contributed by atoms with Gasteiger partial charge in [-0.15, -0.1) is 5.10 Å². The molecule has 1 saturated carbocycles. The van der Waals surface area contributed by atoms with E-state index in [-0.39, 0.29) is 23.6 Å². The molecule has 0 radical (unpaired) electrons. The van der Waals surface area contributed by atoms with Gasteiger partial charge in [0, 0.05) is 29.8 Å². The third-order valence-corrected chi connectivity index (χ3v) is 7.30.